The number of fused-ring (bicyclic) bond motifs is 1. The van der Waals surface area contributed by atoms with Crippen LogP contribution in [0.3, 0.4) is 0 Å². The number of aryl methyl sites for hydroxylation is 2. The topological polar surface area (TPSA) is 120 Å². The Balaban J connectivity index is 1.73. The molecule has 30 heavy (non-hydrogen) atoms. The molecule has 0 bridgehead atoms. The molecule has 1 amide bonds. The van der Waals surface area contributed by atoms with Gasteiger partial charge in [-0.05, 0) is 49.9 Å². The maximum absolute atomic E-state index is 12.4. The largest absolute Gasteiger partial charge is 0.548 e. The van der Waals surface area contributed by atoms with E-state index in [2.05, 4.69) is 5.32 Å². The van der Waals surface area contributed by atoms with Gasteiger partial charge in [0.2, 0.25) is 5.91 Å². The second kappa shape index (κ2) is 8.82. The minimum atomic E-state index is -1.37. The number of carboxylic acids is 1. The first kappa shape index (κ1) is 21.1. The van der Waals surface area contributed by atoms with E-state index in [1.807, 2.05) is 6.07 Å². The average Bonchev–Trinajstić information content (AvgIpc) is 2.71. The summed E-state index contributed by atoms with van der Waals surface area (Å²) in [5.74, 6) is -1.84. The third kappa shape index (κ3) is 4.51. The highest BCUT2D eigenvalue weighted by Crippen LogP contribution is 2.28. The van der Waals surface area contributed by atoms with Gasteiger partial charge in [0.25, 0.3) is 0 Å². The molecule has 7 heteroatoms. The van der Waals surface area contributed by atoms with Crippen molar-refractivity contribution < 1.29 is 24.2 Å². The van der Waals surface area contributed by atoms with Gasteiger partial charge in [0, 0.05) is 22.9 Å². The molecular weight excluding hydrogens is 386 g/mol. The third-order valence-corrected chi connectivity index (χ3v) is 5.18. The number of hydrogen-bond acceptors (Lipinski definition) is 6. The van der Waals surface area contributed by atoms with E-state index in [0.29, 0.717) is 27.7 Å². The molecule has 0 unspecified atom stereocenters. The van der Waals surface area contributed by atoms with Crippen LogP contribution in [-0.2, 0) is 22.4 Å². The van der Waals surface area contributed by atoms with E-state index < -0.39 is 23.5 Å². The lowest BCUT2D eigenvalue weighted by Gasteiger charge is -2.20. The quantitative estimate of drug-likeness (QED) is 0.572. The molecule has 0 fully saturated rings. The molecule has 0 aliphatic rings. The van der Waals surface area contributed by atoms with Crippen LogP contribution in [0.15, 0.2) is 51.7 Å². The van der Waals surface area contributed by atoms with Crippen molar-refractivity contribution in [2.24, 2.45) is 0 Å². The van der Waals surface area contributed by atoms with Gasteiger partial charge in [-0.15, -0.1) is 0 Å². The first-order valence-corrected chi connectivity index (χ1v) is 9.57. The van der Waals surface area contributed by atoms with Crippen molar-refractivity contribution in [1.82, 2.24) is 5.32 Å². The van der Waals surface area contributed by atoms with Crippen LogP contribution in [0.5, 0.6) is 5.75 Å². The SMILES string of the molecule is Cc1c(CCC(=O)N[C@@H](Cc2ccccc2)C(=O)[O-])c(=O)oc2c(C)c(O)ccc12. The summed E-state index contributed by atoms with van der Waals surface area (Å²) in [5, 5.41) is 24.4. The molecule has 0 aliphatic carbocycles. The highest BCUT2D eigenvalue weighted by atomic mass is 16.4. The number of rotatable bonds is 7. The summed E-state index contributed by atoms with van der Waals surface area (Å²) >= 11 is 0. The van der Waals surface area contributed by atoms with Crippen molar-refractivity contribution in [2.45, 2.75) is 39.2 Å². The van der Waals surface area contributed by atoms with Gasteiger partial charge in [-0.25, -0.2) is 4.79 Å². The van der Waals surface area contributed by atoms with Crippen LogP contribution in [0.4, 0.5) is 0 Å². The molecule has 0 radical (unpaired) electrons. The van der Waals surface area contributed by atoms with Crippen LogP contribution < -0.4 is 16.0 Å². The molecular formula is C23H22NO6-. The molecule has 3 rings (SSSR count). The Labute approximate surface area is 173 Å². The standard InChI is InChI=1S/C23H23NO6/c1-13-16-8-10-19(25)14(2)21(16)30-23(29)17(13)9-11-20(26)24-18(22(27)28)12-15-6-4-3-5-7-15/h3-8,10,18,25H,9,11-12H2,1-2H3,(H,24,26)(H,27,28)/p-1/t18-/m0/s1. The van der Waals surface area contributed by atoms with Crippen LogP contribution in [0, 0.1) is 13.8 Å². The fourth-order valence-corrected chi connectivity index (χ4v) is 3.42. The number of hydrogen-bond donors (Lipinski definition) is 2. The van der Waals surface area contributed by atoms with E-state index in [1.165, 1.54) is 6.07 Å². The lowest BCUT2D eigenvalue weighted by atomic mass is 10.00. The van der Waals surface area contributed by atoms with Gasteiger partial charge in [0.15, 0.2) is 0 Å². The number of carbonyl (C=O) groups excluding carboxylic acids is 2. The summed E-state index contributed by atoms with van der Waals surface area (Å²) in [4.78, 5) is 36.2. The Morgan fingerprint density at radius 1 is 1.10 bits per heavy atom. The predicted octanol–water partition coefficient (Wildman–Crippen LogP) is 1.53. The van der Waals surface area contributed by atoms with Crippen LogP contribution in [0.1, 0.15) is 28.7 Å². The molecule has 2 N–H and O–H groups in total. The number of benzene rings is 2. The lowest BCUT2D eigenvalue weighted by molar-refractivity contribution is -0.308. The first-order valence-electron chi connectivity index (χ1n) is 9.57. The molecule has 1 aromatic heterocycles. The second-order valence-corrected chi connectivity index (χ2v) is 7.21. The van der Waals surface area contributed by atoms with Gasteiger partial charge in [-0.1, -0.05) is 30.3 Å². The fourth-order valence-electron chi connectivity index (χ4n) is 3.42. The van der Waals surface area contributed by atoms with Crippen LogP contribution in [0.2, 0.25) is 0 Å². The number of phenols is 1. The third-order valence-electron chi connectivity index (χ3n) is 5.18. The Bertz CT molecular complexity index is 1150. The van der Waals surface area contributed by atoms with E-state index in [9.17, 15) is 24.6 Å². The summed E-state index contributed by atoms with van der Waals surface area (Å²) in [6, 6.07) is 10.9. The molecule has 0 aliphatic heterocycles. The number of nitrogens with one attached hydrogen (secondary N) is 1. The molecule has 3 aromatic rings. The van der Waals surface area contributed by atoms with Gasteiger partial charge < -0.3 is 24.7 Å². The number of amides is 1. The van der Waals surface area contributed by atoms with Crippen molar-refractivity contribution in [3.63, 3.8) is 0 Å². The summed E-state index contributed by atoms with van der Waals surface area (Å²) in [6.45, 7) is 3.41. The van der Waals surface area contributed by atoms with Gasteiger partial charge in [0.05, 0.1) is 12.0 Å². The number of carboxylic acid groups (broad SMARTS) is 1. The zero-order chi connectivity index (χ0) is 21.8. The van der Waals surface area contributed by atoms with E-state index in [1.54, 1.807) is 44.2 Å². The molecule has 1 heterocycles. The fraction of sp³-hybridized carbons (Fsp3) is 0.261. The Kier molecular flexibility index (Phi) is 6.20. The van der Waals surface area contributed by atoms with E-state index in [4.69, 9.17) is 4.42 Å². The Hall–Kier alpha value is -3.61. The van der Waals surface area contributed by atoms with E-state index in [-0.39, 0.29) is 25.0 Å². The maximum atomic E-state index is 12.4. The van der Waals surface area contributed by atoms with Crippen LogP contribution in [-0.4, -0.2) is 23.0 Å². The predicted molar refractivity (Wildman–Crippen MR) is 109 cm³/mol. The molecule has 2 aromatic carbocycles. The number of aliphatic carboxylic acids is 1. The van der Waals surface area contributed by atoms with Crippen LogP contribution >= 0.6 is 0 Å². The monoisotopic (exact) mass is 408 g/mol. The Morgan fingerprint density at radius 3 is 2.47 bits per heavy atom. The molecule has 1 atom stereocenters. The van der Waals surface area contributed by atoms with Crippen molar-refractivity contribution in [2.75, 3.05) is 0 Å². The number of phenolic OH excluding ortho intramolecular Hbond substituents is 1. The normalized spacial score (nSPS) is 11.9. The summed E-state index contributed by atoms with van der Waals surface area (Å²) < 4.78 is 5.36. The van der Waals surface area contributed by atoms with Gasteiger partial charge in [-0.2, -0.15) is 0 Å². The maximum Gasteiger partial charge on any atom is 0.339 e. The summed E-state index contributed by atoms with van der Waals surface area (Å²) in [6.07, 6.45) is 0.128. The van der Waals surface area contributed by atoms with Crippen molar-refractivity contribution in [1.29, 1.82) is 0 Å². The highest BCUT2D eigenvalue weighted by Gasteiger charge is 2.18. The highest BCUT2D eigenvalue weighted by molar-refractivity contribution is 5.86. The minimum absolute atomic E-state index is 0.0314. The minimum Gasteiger partial charge on any atom is -0.548 e. The second-order valence-electron chi connectivity index (χ2n) is 7.21. The van der Waals surface area contributed by atoms with E-state index in [0.717, 1.165) is 5.56 Å². The molecule has 7 nitrogen and oxygen atoms in total. The average molecular weight is 408 g/mol. The Morgan fingerprint density at radius 2 is 1.80 bits per heavy atom. The number of aromatic hydroxyl groups is 1. The van der Waals surface area contributed by atoms with Gasteiger partial charge >= 0.3 is 5.63 Å². The number of carbonyl (C=O) groups is 2. The molecule has 0 spiro atoms. The first-order chi connectivity index (χ1) is 14.3. The van der Waals surface area contributed by atoms with Crippen molar-refractivity contribution in [3.05, 3.63) is 75.1 Å². The zero-order valence-electron chi connectivity index (χ0n) is 16.7. The summed E-state index contributed by atoms with van der Waals surface area (Å²) in [7, 11) is 0. The molecule has 0 saturated heterocycles. The van der Waals surface area contributed by atoms with Gasteiger partial charge in [0.1, 0.15) is 11.3 Å². The van der Waals surface area contributed by atoms with Crippen molar-refractivity contribution in [3.8, 4) is 5.75 Å². The van der Waals surface area contributed by atoms with Crippen LogP contribution in [0.25, 0.3) is 11.0 Å². The van der Waals surface area contributed by atoms with Crippen molar-refractivity contribution >= 4 is 22.8 Å². The lowest BCUT2D eigenvalue weighted by Crippen LogP contribution is -2.49. The smallest absolute Gasteiger partial charge is 0.339 e. The molecule has 0 saturated carbocycles. The zero-order valence-corrected chi connectivity index (χ0v) is 16.7. The molecule has 156 valence electrons. The summed E-state index contributed by atoms with van der Waals surface area (Å²) in [5.41, 5.74) is 1.97. The van der Waals surface area contributed by atoms with Gasteiger partial charge in [-0.3, -0.25) is 4.79 Å². The van der Waals surface area contributed by atoms with E-state index >= 15 is 0 Å².